The Labute approximate surface area is 329 Å². The Hall–Kier alpha value is -1.72. The molecule has 56 heavy (non-hydrogen) atoms. The van der Waals surface area contributed by atoms with Gasteiger partial charge in [-0.15, -0.1) is 0 Å². The number of carboxylic acid groups (broad SMARTS) is 2. The molecule has 7 aliphatic rings. The van der Waals surface area contributed by atoms with Gasteiger partial charge in [0.2, 0.25) is 0 Å². The molecule has 0 radical (unpaired) electrons. The minimum atomic E-state index is -1.73. The lowest BCUT2D eigenvalue weighted by Gasteiger charge is -2.70. The van der Waals surface area contributed by atoms with Crippen molar-refractivity contribution in [1.82, 2.24) is 0 Å². The molecule has 0 aromatic carbocycles. The highest BCUT2D eigenvalue weighted by atomic mass is 16.7. The van der Waals surface area contributed by atoms with Crippen molar-refractivity contribution in [3.63, 3.8) is 0 Å². The Bertz CT molecular complexity index is 1550. The van der Waals surface area contributed by atoms with E-state index in [2.05, 4.69) is 47.6 Å². The highest BCUT2D eigenvalue weighted by Crippen LogP contribution is 2.76. The number of aliphatic hydroxyl groups is 6. The minimum absolute atomic E-state index is 0.0190. The average molecular weight is 795 g/mol. The Morgan fingerprint density at radius 2 is 1.43 bits per heavy atom. The number of hydrogen-bond donors (Lipinski definition) is 8. The zero-order valence-electron chi connectivity index (χ0n) is 33.9. The molecular formula is C42H66O14. The zero-order chi connectivity index (χ0) is 41.1. The van der Waals surface area contributed by atoms with E-state index in [9.17, 15) is 50.4 Å². The first kappa shape index (κ1) is 42.4. The van der Waals surface area contributed by atoms with Gasteiger partial charge in [-0.1, -0.05) is 53.2 Å². The maximum atomic E-state index is 14.0. The summed E-state index contributed by atoms with van der Waals surface area (Å²) in [6, 6.07) is 0. The smallest absolute Gasteiger partial charge is 0.314 e. The molecule has 8 N–H and O–H groups in total. The summed E-state index contributed by atoms with van der Waals surface area (Å²) in [6.45, 7) is 14.0. The largest absolute Gasteiger partial charge is 0.481 e. The lowest BCUT2D eigenvalue weighted by Crippen LogP contribution is -2.68. The number of aliphatic hydroxyl groups excluding tert-OH is 6. The number of carboxylic acids is 2. The fourth-order valence-corrected chi connectivity index (χ4v) is 14.0. The average Bonchev–Trinajstić information content (AvgIpc) is 3.14. The van der Waals surface area contributed by atoms with Gasteiger partial charge in [0.15, 0.2) is 12.6 Å². The molecular weight excluding hydrogens is 728 g/mol. The van der Waals surface area contributed by atoms with Crippen molar-refractivity contribution < 1.29 is 69.4 Å². The van der Waals surface area contributed by atoms with Crippen LogP contribution in [0.1, 0.15) is 106 Å². The van der Waals surface area contributed by atoms with Gasteiger partial charge in [0.05, 0.1) is 29.6 Å². The predicted molar refractivity (Wildman–Crippen MR) is 198 cm³/mol. The van der Waals surface area contributed by atoms with E-state index in [0.29, 0.717) is 44.4 Å². The molecule has 14 nitrogen and oxygen atoms in total. The summed E-state index contributed by atoms with van der Waals surface area (Å²) in [5.74, 6) is -1.49. The van der Waals surface area contributed by atoms with Crippen LogP contribution in [-0.4, -0.2) is 127 Å². The van der Waals surface area contributed by atoms with Gasteiger partial charge in [-0.2, -0.15) is 0 Å². The minimum Gasteiger partial charge on any atom is -0.481 e. The number of carbonyl (C=O) groups is 2. The Kier molecular flexibility index (Phi) is 11.0. The van der Waals surface area contributed by atoms with E-state index in [1.54, 1.807) is 6.92 Å². The molecule has 0 amide bonds. The van der Waals surface area contributed by atoms with Crippen LogP contribution in [0.5, 0.6) is 0 Å². The van der Waals surface area contributed by atoms with Crippen molar-refractivity contribution in [3.05, 3.63) is 11.6 Å². The summed E-state index contributed by atoms with van der Waals surface area (Å²) in [4.78, 5) is 27.1. The van der Waals surface area contributed by atoms with Gasteiger partial charge in [0.25, 0.3) is 0 Å². The third-order valence-electron chi connectivity index (χ3n) is 17.4. The molecule has 2 saturated heterocycles. The fourth-order valence-electron chi connectivity index (χ4n) is 14.0. The van der Waals surface area contributed by atoms with Crippen molar-refractivity contribution in [1.29, 1.82) is 0 Å². The summed E-state index contributed by atoms with van der Waals surface area (Å²) < 4.78 is 24.1. The van der Waals surface area contributed by atoms with Crippen LogP contribution in [-0.2, 0) is 28.5 Å². The standard InChI is InChI=1S/C42H66O14/c1-19-10-15-41(36(49)50)16-17-42(37(51)52)22(27(41)20(19)2)8-9-25-39(6)13-12-26(38(4,5)24(39)11-14-40(25,42)7)55-35-32(48)33(28(44)21(3)53-35)56-34-31(47)30(46)29(45)23(18-43)54-34/h8,19-21,23-35,43-48H,9-18H2,1-7H3,(H,49,50)(H,51,52)/t19-,20+,21-,23-,24-,25+,26+,27-,28-,29+,30+,31-,32-,33+,34+,35+,39+,40-,41+,42-/m1/s1. The van der Waals surface area contributed by atoms with Gasteiger partial charge in [0.1, 0.15) is 42.7 Å². The second-order valence-corrected chi connectivity index (χ2v) is 20.0. The zero-order valence-corrected chi connectivity index (χ0v) is 33.9. The number of hydrogen-bond acceptors (Lipinski definition) is 12. The van der Waals surface area contributed by atoms with E-state index in [1.165, 1.54) is 0 Å². The Balaban J connectivity index is 1.14. The highest BCUT2D eigenvalue weighted by Gasteiger charge is 2.73. The molecule has 318 valence electrons. The first-order valence-electron chi connectivity index (χ1n) is 20.9. The first-order valence-corrected chi connectivity index (χ1v) is 20.9. The molecule has 5 aliphatic carbocycles. The van der Waals surface area contributed by atoms with Gasteiger partial charge < -0.3 is 59.8 Å². The number of ether oxygens (including phenoxy) is 4. The molecule has 20 atom stereocenters. The normalized spacial score (nSPS) is 54.1. The van der Waals surface area contributed by atoms with Gasteiger partial charge >= 0.3 is 11.9 Å². The molecule has 0 unspecified atom stereocenters. The van der Waals surface area contributed by atoms with E-state index in [1.807, 2.05) is 0 Å². The molecule has 0 aromatic rings. The monoisotopic (exact) mass is 794 g/mol. The van der Waals surface area contributed by atoms with E-state index >= 15 is 0 Å². The topological polar surface area (TPSA) is 233 Å². The van der Waals surface area contributed by atoms with Crippen molar-refractivity contribution in [2.75, 3.05) is 6.61 Å². The van der Waals surface area contributed by atoms with Crippen LogP contribution in [0.25, 0.3) is 0 Å². The van der Waals surface area contributed by atoms with E-state index < -0.39 is 108 Å². The molecule has 2 heterocycles. The first-order chi connectivity index (χ1) is 26.1. The van der Waals surface area contributed by atoms with Crippen molar-refractivity contribution in [2.45, 2.75) is 174 Å². The van der Waals surface area contributed by atoms with E-state index in [0.717, 1.165) is 24.8 Å². The summed E-state index contributed by atoms with van der Waals surface area (Å²) in [6.07, 6.45) is -7.03. The second kappa shape index (κ2) is 14.5. The van der Waals surface area contributed by atoms with Crippen LogP contribution >= 0.6 is 0 Å². The fraction of sp³-hybridized carbons (Fsp3) is 0.905. The van der Waals surface area contributed by atoms with Crippen LogP contribution in [0.4, 0.5) is 0 Å². The van der Waals surface area contributed by atoms with Crippen molar-refractivity contribution in [3.8, 4) is 0 Å². The lowest BCUT2D eigenvalue weighted by molar-refractivity contribution is -0.366. The summed E-state index contributed by atoms with van der Waals surface area (Å²) >= 11 is 0. The maximum Gasteiger partial charge on any atom is 0.314 e. The molecule has 4 saturated carbocycles. The quantitative estimate of drug-likeness (QED) is 0.137. The molecule has 6 fully saturated rings. The highest BCUT2D eigenvalue weighted by molar-refractivity contribution is 5.84. The van der Waals surface area contributed by atoms with Crippen LogP contribution in [0.15, 0.2) is 11.6 Å². The third kappa shape index (κ3) is 5.85. The lowest BCUT2D eigenvalue weighted by atomic mass is 9.33. The molecule has 2 aliphatic heterocycles. The molecule has 0 bridgehead atoms. The molecule has 0 aromatic heterocycles. The van der Waals surface area contributed by atoms with Gasteiger partial charge in [0, 0.05) is 0 Å². The molecule has 7 rings (SSSR count). The predicted octanol–water partition coefficient (Wildman–Crippen LogP) is 2.83. The van der Waals surface area contributed by atoms with Gasteiger partial charge in [-0.05, 0) is 111 Å². The number of aliphatic carboxylic acids is 2. The molecule has 0 spiro atoms. The summed E-state index contributed by atoms with van der Waals surface area (Å²) in [5, 5.41) is 85.6. The van der Waals surface area contributed by atoms with Crippen LogP contribution < -0.4 is 0 Å². The van der Waals surface area contributed by atoms with Gasteiger partial charge in [-0.3, -0.25) is 9.59 Å². The van der Waals surface area contributed by atoms with Crippen LogP contribution in [0.3, 0.4) is 0 Å². The second-order valence-electron chi connectivity index (χ2n) is 20.0. The Morgan fingerprint density at radius 1 is 0.750 bits per heavy atom. The summed E-state index contributed by atoms with van der Waals surface area (Å²) in [7, 11) is 0. The number of allylic oxidation sites excluding steroid dienone is 1. The summed E-state index contributed by atoms with van der Waals surface area (Å²) in [5.41, 5.74) is -2.61. The van der Waals surface area contributed by atoms with Crippen LogP contribution in [0.2, 0.25) is 0 Å². The SMILES string of the molecule is C[C@H]1[C@H](C)CC[C@]2(C(=O)O)CC[C@]3(C(=O)O)C(=CC[C@H]4[C@@]5(C)CC[C@H](O[C@@H]6O[C@H](C)[C@@H](O)[C@H](O[C@@H]7O[C@H](CO)[C@H](O)[C@H](O)[C@H]7O)[C@H]6O)C(C)(C)[C@H]5CC[C@]43C)[C@@H]12. The third-order valence-corrected chi connectivity index (χ3v) is 17.4. The molecule has 14 heteroatoms. The Morgan fingerprint density at radius 3 is 2.07 bits per heavy atom. The number of fused-ring (bicyclic) bond motifs is 7. The van der Waals surface area contributed by atoms with E-state index in [-0.39, 0.29) is 29.1 Å². The van der Waals surface area contributed by atoms with Crippen LogP contribution in [0, 0.1) is 56.7 Å². The van der Waals surface area contributed by atoms with E-state index in [4.69, 9.17) is 18.9 Å². The maximum absolute atomic E-state index is 14.0. The van der Waals surface area contributed by atoms with Crippen molar-refractivity contribution >= 4 is 11.9 Å². The van der Waals surface area contributed by atoms with Gasteiger partial charge in [-0.25, -0.2) is 0 Å². The number of rotatable bonds is 7. The van der Waals surface area contributed by atoms with Crippen molar-refractivity contribution in [2.24, 2.45) is 56.7 Å².